The van der Waals surface area contributed by atoms with Gasteiger partial charge in [0.1, 0.15) is 22.1 Å². The number of hydrogen-bond donors (Lipinski definition) is 2. The number of rotatable bonds is 13. The van der Waals surface area contributed by atoms with Crippen molar-refractivity contribution >= 4 is 46.3 Å². The molecule has 2 saturated heterocycles. The van der Waals surface area contributed by atoms with E-state index < -0.39 is 12.1 Å². The van der Waals surface area contributed by atoms with E-state index in [1.807, 2.05) is 76.7 Å². The van der Waals surface area contributed by atoms with Crippen LogP contribution in [0.25, 0.3) is 32.8 Å². The van der Waals surface area contributed by atoms with E-state index in [1.165, 1.54) is 0 Å². The Bertz CT molecular complexity index is 2390. The summed E-state index contributed by atoms with van der Waals surface area (Å²) in [5, 5.41) is 10.0. The summed E-state index contributed by atoms with van der Waals surface area (Å²) in [6, 6.07) is 34.4. The number of nitrogens with zero attached hydrogens (tertiary/aromatic N) is 4. The molecule has 10 nitrogen and oxygen atoms in total. The molecule has 2 saturated carbocycles. The number of likely N-dealkylation sites (tertiary alicyclic amines) is 2. The van der Waals surface area contributed by atoms with Crippen LogP contribution < -0.4 is 10.6 Å². The normalized spacial score (nSPS) is 19.5. The molecule has 2 unspecified atom stereocenters. The second-order valence-electron chi connectivity index (χ2n) is 16.9. The molecule has 10 rings (SSSR count). The molecular formula is C50H48N6O4S2. The maximum atomic E-state index is 14.1. The van der Waals surface area contributed by atoms with Crippen LogP contribution >= 0.6 is 22.7 Å². The van der Waals surface area contributed by atoms with Crippen LogP contribution in [0.15, 0.2) is 121 Å². The predicted octanol–water partition coefficient (Wildman–Crippen LogP) is 9.46. The van der Waals surface area contributed by atoms with Gasteiger partial charge in [-0.15, -0.1) is 22.7 Å². The van der Waals surface area contributed by atoms with Crippen molar-refractivity contribution in [2.75, 3.05) is 13.1 Å². The Morgan fingerprint density at radius 3 is 1.53 bits per heavy atom. The Hall–Kier alpha value is -5.98. The first kappa shape index (κ1) is 40.1. The fraction of sp³-hybridized carbons (Fsp3) is 0.320. The highest BCUT2D eigenvalue weighted by Gasteiger charge is 2.41. The summed E-state index contributed by atoms with van der Waals surface area (Å²) in [4.78, 5) is 68.7. The molecule has 4 atom stereocenters. The molecule has 6 aromatic rings. The van der Waals surface area contributed by atoms with E-state index in [2.05, 4.69) is 64.5 Å². The topological polar surface area (TPSA) is 125 Å². The maximum absolute atomic E-state index is 14.1. The second kappa shape index (κ2) is 17.4. The van der Waals surface area contributed by atoms with Crippen molar-refractivity contribution in [2.45, 2.75) is 75.5 Å². The zero-order valence-electron chi connectivity index (χ0n) is 34.3. The van der Waals surface area contributed by atoms with Crippen LogP contribution in [0.3, 0.4) is 0 Å². The molecule has 0 bridgehead atoms. The van der Waals surface area contributed by atoms with E-state index in [4.69, 9.17) is 9.97 Å². The molecular weight excluding hydrogens is 813 g/mol. The summed E-state index contributed by atoms with van der Waals surface area (Å²) in [7, 11) is 0. The number of carbonyl (C=O) groups is 4. The van der Waals surface area contributed by atoms with Gasteiger partial charge in [0.2, 0.25) is 23.6 Å². The van der Waals surface area contributed by atoms with Crippen LogP contribution in [0.2, 0.25) is 0 Å². The van der Waals surface area contributed by atoms with Gasteiger partial charge in [-0.25, -0.2) is 9.97 Å². The van der Waals surface area contributed by atoms with Crippen LogP contribution in [0.1, 0.15) is 96.7 Å². The molecule has 4 aliphatic rings. The first-order valence-electron chi connectivity index (χ1n) is 21.8. The van der Waals surface area contributed by atoms with Gasteiger partial charge < -0.3 is 20.4 Å². The zero-order valence-corrected chi connectivity index (χ0v) is 36.0. The summed E-state index contributed by atoms with van der Waals surface area (Å²) < 4.78 is 0. The fourth-order valence-electron chi connectivity index (χ4n) is 8.79. The number of benzene rings is 4. The molecule has 2 aromatic heterocycles. The third-order valence-electron chi connectivity index (χ3n) is 12.6. The van der Waals surface area contributed by atoms with Crippen molar-refractivity contribution < 1.29 is 19.2 Å². The van der Waals surface area contributed by atoms with Crippen LogP contribution in [-0.2, 0) is 19.2 Å². The highest BCUT2D eigenvalue weighted by Crippen LogP contribution is 2.41. The average Bonchev–Trinajstić information content (AvgIpc) is 4.07. The molecule has 0 spiro atoms. The molecule has 4 fully saturated rings. The number of nitrogens with one attached hydrogen (secondary N) is 2. The first-order valence-corrected chi connectivity index (χ1v) is 23.5. The second-order valence-corrected chi connectivity index (χ2v) is 18.9. The van der Waals surface area contributed by atoms with Crippen molar-refractivity contribution in [1.82, 2.24) is 30.4 Å². The smallest absolute Gasteiger partial charge is 0.250 e. The van der Waals surface area contributed by atoms with E-state index in [-0.39, 0.29) is 47.5 Å². The van der Waals surface area contributed by atoms with Gasteiger partial charge in [0, 0.05) is 42.1 Å². The third kappa shape index (κ3) is 8.45. The summed E-state index contributed by atoms with van der Waals surface area (Å²) in [5.41, 5.74) is 6.76. The number of aromatic nitrogens is 2. The van der Waals surface area contributed by atoms with Gasteiger partial charge in [0.25, 0.3) is 0 Å². The minimum atomic E-state index is -0.711. The zero-order chi connectivity index (χ0) is 42.2. The Morgan fingerprint density at radius 2 is 1.03 bits per heavy atom. The minimum Gasteiger partial charge on any atom is -0.340 e. The van der Waals surface area contributed by atoms with Gasteiger partial charge in [-0.3, -0.25) is 19.2 Å². The number of thiazole rings is 2. The first-order chi connectivity index (χ1) is 30.4. The van der Waals surface area contributed by atoms with Crippen molar-refractivity contribution in [3.05, 3.63) is 142 Å². The summed E-state index contributed by atoms with van der Waals surface area (Å²) >= 11 is 3.21. The number of amides is 4. The highest BCUT2D eigenvalue weighted by molar-refractivity contribution is 7.15. The van der Waals surface area contributed by atoms with Gasteiger partial charge in [-0.1, -0.05) is 109 Å². The number of hydrogen-bond acceptors (Lipinski definition) is 8. The molecule has 0 radical (unpaired) electrons. The van der Waals surface area contributed by atoms with Gasteiger partial charge >= 0.3 is 0 Å². The van der Waals surface area contributed by atoms with Gasteiger partial charge in [-0.05, 0) is 79.2 Å². The van der Waals surface area contributed by atoms with E-state index >= 15 is 0 Å². The molecule has 4 heterocycles. The van der Waals surface area contributed by atoms with Gasteiger partial charge in [-0.2, -0.15) is 0 Å². The highest BCUT2D eigenvalue weighted by atomic mass is 32.1. The SMILES string of the molecule is O=C(NC(C(=O)N1CCC[C@H]1c1nc(-c2ccc(-c3ccc(-c4cnc([C@@H]5CCCN5C(=O)C(NC(=O)C5CC5)c5ccccc5)s4)cc3)cc2)cs1)c1ccccc1)C1CC1. The quantitative estimate of drug-likeness (QED) is 0.119. The maximum Gasteiger partial charge on any atom is 0.250 e. The Labute approximate surface area is 369 Å². The van der Waals surface area contributed by atoms with E-state index in [9.17, 15) is 19.2 Å². The summed E-state index contributed by atoms with van der Waals surface area (Å²) in [5.74, 6) is -0.216. The third-order valence-corrected chi connectivity index (χ3v) is 14.7. The molecule has 314 valence electrons. The minimum absolute atomic E-state index is 0.0106. The van der Waals surface area contributed by atoms with Gasteiger partial charge in [0.15, 0.2) is 0 Å². The van der Waals surface area contributed by atoms with E-state index in [1.54, 1.807) is 22.7 Å². The molecule has 4 amide bonds. The fourth-order valence-corrected chi connectivity index (χ4v) is 10.8. The van der Waals surface area contributed by atoms with E-state index in [0.717, 1.165) is 105 Å². The van der Waals surface area contributed by atoms with Crippen molar-refractivity contribution in [2.24, 2.45) is 11.8 Å². The Kier molecular flexibility index (Phi) is 11.3. The molecule has 2 aliphatic heterocycles. The lowest BCUT2D eigenvalue weighted by Crippen LogP contribution is -2.43. The average molecular weight is 861 g/mol. The van der Waals surface area contributed by atoms with E-state index in [0.29, 0.717) is 13.1 Å². The summed E-state index contributed by atoms with van der Waals surface area (Å²) in [6.45, 7) is 1.27. The standard InChI is InChI=1S/C50H48N6O4S2/c57-45(37-23-24-37)53-43(35-9-3-1-4-10-35)49(59)55-27-7-13-40(55)47-51-29-42(62-47)34-21-17-32(18-22-34)31-15-19-33(20-16-31)39-30-61-48(52-39)41-14-8-28-56(41)50(60)44(36-11-5-2-6-12-36)54-46(58)38-25-26-38/h1-6,9-12,15-22,29-30,37-38,40-41,43-44H,7-8,13-14,23-28H2,(H,53,57)(H,54,58)/t40-,41-,43?,44?/m0/s1. The van der Waals surface area contributed by atoms with Crippen LogP contribution in [0.4, 0.5) is 0 Å². The predicted molar refractivity (Wildman–Crippen MR) is 242 cm³/mol. The van der Waals surface area contributed by atoms with Crippen molar-refractivity contribution in [1.29, 1.82) is 0 Å². The van der Waals surface area contributed by atoms with Crippen LogP contribution in [0.5, 0.6) is 0 Å². The molecule has 62 heavy (non-hydrogen) atoms. The summed E-state index contributed by atoms with van der Waals surface area (Å²) in [6.07, 6.45) is 8.88. The lowest BCUT2D eigenvalue weighted by atomic mass is 10.0. The van der Waals surface area contributed by atoms with Crippen LogP contribution in [-0.4, -0.2) is 56.5 Å². The lowest BCUT2D eigenvalue weighted by molar-refractivity contribution is -0.138. The number of carbonyl (C=O) groups excluding carboxylic acids is 4. The van der Waals surface area contributed by atoms with Gasteiger partial charge in [0.05, 0.1) is 22.7 Å². The Balaban J connectivity index is 0.797. The van der Waals surface area contributed by atoms with Crippen molar-refractivity contribution in [3.63, 3.8) is 0 Å². The molecule has 2 N–H and O–H groups in total. The largest absolute Gasteiger partial charge is 0.340 e. The lowest BCUT2D eigenvalue weighted by Gasteiger charge is -2.28. The monoisotopic (exact) mass is 860 g/mol. The van der Waals surface area contributed by atoms with Crippen LogP contribution in [0, 0.1) is 11.8 Å². The molecule has 4 aromatic carbocycles. The Morgan fingerprint density at radius 1 is 0.565 bits per heavy atom. The van der Waals surface area contributed by atoms with Crippen molar-refractivity contribution in [3.8, 4) is 32.8 Å². The molecule has 2 aliphatic carbocycles. The molecule has 12 heteroatoms.